The Morgan fingerprint density at radius 1 is 1.38 bits per heavy atom. The van der Waals surface area contributed by atoms with Crippen LogP contribution in [-0.4, -0.2) is 11.7 Å². The van der Waals surface area contributed by atoms with Crippen LogP contribution in [-0.2, 0) is 13.5 Å². The normalized spacial score (nSPS) is 15.8. The fourth-order valence-electron chi connectivity index (χ4n) is 3.32. The van der Waals surface area contributed by atoms with Crippen molar-refractivity contribution >= 4 is 0 Å². The van der Waals surface area contributed by atoms with Crippen molar-refractivity contribution < 1.29 is 9.47 Å². The van der Waals surface area contributed by atoms with E-state index in [2.05, 4.69) is 6.07 Å². The number of pyridine rings is 1. The molecule has 1 unspecified atom stereocenters. The molecule has 6 nitrogen and oxygen atoms in total. The van der Waals surface area contributed by atoms with Gasteiger partial charge in [0, 0.05) is 18.8 Å². The lowest BCUT2D eigenvalue weighted by molar-refractivity contribution is 0.388. The van der Waals surface area contributed by atoms with Crippen molar-refractivity contribution in [2.24, 2.45) is 12.8 Å². The van der Waals surface area contributed by atoms with Crippen LogP contribution in [0.15, 0.2) is 46.6 Å². The van der Waals surface area contributed by atoms with Crippen LogP contribution in [0.25, 0.3) is 0 Å². The lowest BCUT2D eigenvalue weighted by atomic mass is 9.84. The molecule has 1 aromatic heterocycles. The largest absolute Gasteiger partial charge is 0.497 e. The van der Waals surface area contributed by atoms with Crippen molar-refractivity contribution in [3.8, 4) is 17.6 Å². The van der Waals surface area contributed by atoms with Crippen molar-refractivity contribution in [1.29, 1.82) is 5.26 Å². The molecule has 0 radical (unpaired) electrons. The summed E-state index contributed by atoms with van der Waals surface area (Å²) in [4.78, 5) is 13.1. The number of nitrogens with two attached hydrogens (primary N) is 1. The SMILES string of the molecule is CCCc1cc2c(c(=O)n1C)C(c1cccc(OC)c1)C(C#N)=C(N)O2. The molecule has 1 aliphatic rings. The van der Waals surface area contributed by atoms with Gasteiger partial charge >= 0.3 is 0 Å². The van der Waals surface area contributed by atoms with Crippen molar-refractivity contribution in [3.05, 3.63) is 69.0 Å². The fraction of sp³-hybridized carbons (Fsp3) is 0.300. The van der Waals surface area contributed by atoms with Gasteiger partial charge in [0.15, 0.2) is 0 Å². The topological polar surface area (TPSA) is 90.3 Å². The number of fused-ring (bicyclic) bond motifs is 1. The molecule has 0 amide bonds. The van der Waals surface area contributed by atoms with Crippen LogP contribution < -0.4 is 20.8 Å². The number of ether oxygens (including phenoxy) is 2. The zero-order chi connectivity index (χ0) is 18.8. The number of aryl methyl sites for hydroxylation is 1. The molecule has 2 N–H and O–H groups in total. The standard InChI is InChI=1S/C20H21N3O3/c1-4-6-13-10-16-18(20(24)23(13)2)17(15(11-21)19(22)26-16)12-7-5-8-14(9-12)25-3/h5,7-10,17H,4,6,22H2,1-3H3. The quantitative estimate of drug-likeness (QED) is 0.914. The van der Waals surface area contributed by atoms with E-state index >= 15 is 0 Å². The molecular formula is C20H21N3O3. The third kappa shape index (κ3) is 2.82. The molecule has 0 saturated carbocycles. The van der Waals surface area contributed by atoms with Gasteiger partial charge in [-0.05, 0) is 24.1 Å². The van der Waals surface area contributed by atoms with Crippen LogP contribution in [0.2, 0.25) is 0 Å². The Kier molecular flexibility index (Phi) is 4.72. The van der Waals surface area contributed by atoms with Crippen LogP contribution in [0.3, 0.4) is 0 Å². The van der Waals surface area contributed by atoms with Gasteiger partial charge in [-0.25, -0.2) is 0 Å². The van der Waals surface area contributed by atoms with E-state index in [4.69, 9.17) is 15.2 Å². The molecule has 0 aliphatic carbocycles. The maximum Gasteiger partial charge on any atom is 0.258 e. The van der Waals surface area contributed by atoms with E-state index < -0.39 is 5.92 Å². The molecule has 26 heavy (non-hydrogen) atoms. The molecule has 2 heterocycles. The highest BCUT2D eigenvalue weighted by Crippen LogP contribution is 2.41. The monoisotopic (exact) mass is 351 g/mol. The second-order valence-corrected chi connectivity index (χ2v) is 6.23. The van der Waals surface area contributed by atoms with Gasteiger partial charge in [0.05, 0.1) is 18.6 Å². The Morgan fingerprint density at radius 2 is 2.15 bits per heavy atom. The van der Waals surface area contributed by atoms with Crippen LogP contribution in [0.5, 0.6) is 11.5 Å². The van der Waals surface area contributed by atoms with Crippen LogP contribution in [0.1, 0.15) is 36.1 Å². The minimum absolute atomic E-state index is 0.0310. The predicted molar refractivity (Wildman–Crippen MR) is 98.0 cm³/mol. The fourth-order valence-corrected chi connectivity index (χ4v) is 3.32. The van der Waals surface area contributed by atoms with Gasteiger partial charge in [-0.1, -0.05) is 25.5 Å². The first-order chi connectivity index (χ1) is 12.5. The molecule has 1 aromatic carbocycles. The van der Waals surface area contributed by atoms with E-state index in [9.17, 15) is 10.1 Å². The minimum atomic E-state index is -0.590. The molecule has 0 saturated heterocycles. The summed E-state index contributed by atoms with van der Waals surface area (Å²) in [5, 5.41) is 9.64. The number of nitrogens with zero attached hydrogens (tertiary/aromatic N) is 2. The Bertz CT molecular complexity index is 983. The van der Waals surface area contributed by atoms with E-state index in [1.165, 1.54) is 0 Å². The highest BCUT2D eigenvalue weighted by Gasteiger charge is 2.34. The summed E-state index contributed by atoms with van der Waals surface area (Å²) in [5.74, 6) is 0.503. The number of hydrogen-bond donors (Lipinski definition) is 1. The summed E-state index contributed by atoms with van der Waals surface area (Å²) in [7, 11) is 3.31. The number of rotatable bonds is 4. The lowest BCUT2D eigenvalue weighted by Crippen LogP contribution is -2.32. The average Bonchev–Trinajstić information content (AvgIpc) is 2.65. The molecule has 1 atom stereocenters. The Balaban J connectivity index is 2.29. The van der Waals surface area contributed by atoms with E-state index in [0.29, 0.717) is 17.1 Å². The summed E-state index contributed by atoms with van der Waals surface area (Å²) in [5.41, 5.74) is 8.11. The van der Waals surface area contributed by atoms with E-state index in [-0.39, 0.29) is 17.0 Å². The second-order valence-electron chi connectivity index (χ2n) is 6.23. The van der Waals surface area contributed by atoms with Crippen molar-refractivity contribution in [3.63, 3.8) is 0 Å². The molecule has 1 aliphatic heterocycles. The van der Waals surface area contributed by atoms with Gasteiger partial charge in [-0.2, -0.15) is 5.26 Å². The third-order valence-electron chi connectivity index (χ3n) is 4.65. The maximum atomic E-state index is 13.1. The Morgan fingerprint density at radius 3 is 2.81 bits per heavy atom. The average molecular weight is 351 g/mol. The van der Waals surface area contributed by atoms with Crippen molar-refractivity contribution in [2.45, 2.75) is 25.7 Å². The first-order valence-electron chi connectivity index (χ1n) is 8.46. The van der Waals surface area contributed by atoms with Gasteiger partial charge in [0.1, 0.15) is 23.1 Å². The number of aromatic nitrogens is 1. The summed E-state index contributed by atoms with van der Waals surface area (Å²) >= 11 is 0. The smallest absolute Gasteiger partial charge is 0.258 e. The highest BCUT2D eigenvalue weighted by atomic mass is 16.5. The number of benzene rings is 1. The van der Waals surface area contributed by atoms with Crippen LogP contribution >= 0.6 is 0 Å². The summed E-state index contributed by atoms with van der Waals surface area (Å²) in [6.45, 7) is 2.05. The first-order valence-corrected chi connectivity index (χ1v) is 8.46. The highest BCUT2D eigenvalue weighted by molar-refractivity contribution is 5.56. The van der Waals surface area contributed by atoms with E-state index in [1.807, 2.05) is 37.3 Å². The predicted octanol–water partition coefficient (Wildman–Crippen LogP) is 2.56. The Hall–Kier alpha value is -3.20. The number of methoxy groups -OCH3 is 1. The maximum absolute atomic E-state index is 13.1. The molecule has 2 aromatic rings. The number of hydrogen-bond acceptors (Lipinski definition) is 5. The molecule has 0 bridgehead atoms. The third-order valence-corrected chi connectivity index (χ3v) is 4.65. The summed E-state index contributed by atoms with van der Waals surface area (Å²) in [6, 6.07) is 11.2. The van der Waals surface area contributed by atoms with Crippen LogP contribution in [0.4, 0.5) is 0 Å². The number of nitriles is 1. The van der Waals surface area contributed by atoms with E-state index in [0.717, 1.165) is 24.1 Å². The van der Waals surface area contributed by atoms with Gasteiger partial charge in [-0.3, -0.25) is 4.79 Å². The molecule has 0 fully saturated rings. The van der Waals surface area contributed by atoms with Crippen molar-refractivity contribution in [2.75, 3.05) is 7.11 Å². The molecule has 6 heteroatoms. The minimum Gasteiger partial charge on any atom is -0.497 e. The van der Waals surface area contributed by atoms with Crippen molar-refractivity contribution in [1.82, 2.24) is 4.57 Å². The first kappa shape index (κ1) is 17.6. The van der Waals surface area contributed by atoms with Gasteiger partial charge in [-0.15, -0.1) is 0 Å². The summed E-state index contributed by atoms with van der Waals surface area (Å²) in [6.07, 6.45) is 1.65. The van der Waals surface area contributed by atoms with Crippen LogP contribution in [0, 0.1) is 11.3 Å². The number of allylic oxidation sites excluding steroid dienone is 1. The second kappa shape index (κ2) is 6.96. The zero-order valence-electron chi connectivity index (χ0n) is 15.1. The molecule has 0 spiro atoms. The van der Waals surface area contributed by atoms with Gasteiger partial charge in [0.25, 0.3) is 5.56 Å². The Labute approximate surface area is 152 Å². The molecular weight excluding hydrogens is 330 g/mol. The lowest BCUT2D eigenvalue weighted by Gasteiger charge is -2.27. The summed E-state index contributed by atoms with van der Waals surface area (Å²) < 4.78 is 12.6. The van der Waals surface area contributed by atoms with E-state index in [1.54, 1.807) is 18.7 Å². The molecule has 134 valence electrons. The van der Waals surface area contributed by atoms with Gasteiger partial charge in [0.2, 0.25) is 5.88 Å². The van der Waals surface area contributed by atoms with Gasteiger partial charge < -0.3 is 19.8 Å². The zero-order valence-corrected chi connectivity index (χ0v) is 15.1. The molecule has 3 rings (SSSR count).